The second-order valence-corrected chi connectivity index (χ2v) is 10.1. The lowest BCUT2D eigenvalue weighted by molar-refractivity contribution is -0.139. The van der Waals surface area contributed by atoms with Crippen LogP contribution in [0.3, 0.4) is 0 Å². The quantitative estimate of drug-likeness (QED) is 0.626. The average Bonchev–Trinajstić information content (AvgIpc) is 2.93. The minimum Gasteiger partial charge on any atom is -0.311 e. The van der Waals surface area contributed by atoms with Crippen molar-refractivity contribution in [1.29, 1.82) is 0 Å². The van der Waals surface area contributed by atoms with Crippen LogP contribution in [0.5, 0.6) is 0 Å². The molecular weight excluding hydrogens is 453 g/mol. The lowest BCUT2D eigenvalue weighted by atomic mass is 9.94. The molecule has 1 fully saturated rings. The number of piperidine rings is 1. The summed E-state index contributed by atoms with van der Waals surface area (Å²) < 4.78 is 14.9. The summed E-state index contributed by atoms with van der Waals surface area (Å²) in [6, 6.07) is 11.6. The first-order chi connectivity index (χ1) is 16.3. The van der Waals surface area contributed by atoms with Crippen molar-refractivity contribution in [3.05, 3.63) is 64.4 Å². The van der Waals surface area contributed by atoms with Gasteiger partial charge in [-0.2, -0.15) is 5.10 Å². The normalized spacial score (nSPS) is 22.5. The molecule has 3 aliphatic rings. The number of benzene rings is 2. The molecule has 1 amide bonds. The standard InChI is InChI=1S/C26H29ClFN5O/c1-17-24-30-32(16-31-13-7-4-8-14-31)25(34)26(2,3)33(24)22-12-11-18(27)15-20(22)23(29-17)19-9-5-6-10-21(19)28/h5-6,9-12,15,17H,4,7-8,13-14,16H2,1-3H3. The van der Waals surface area contributed by atoms with Crippen LogP contribution in [-0.4, -0.2) is 58.7 Å². The summed E-state index contributed by atoms with van der Waals surface area (Å²) in [5.41, 5.74) is 1.41. The summed E-state index contributed by atoms with van der Waals surface area (Å²) >= 11 is 6.39. The fourth-order valence-corrected chi connectivity index (χ4v) is 5.25. The summed E-state index contributed by atoms with van der Waals surface area (Å²) in [7, 11) is 0. The van der Waals surface area contributed by atoms with Crippen molar-refractivity contribution >= 4 is 34.7 Å². The van der Waals surface area contributed by atoms with Crippen LogP contribution in [0.1, 0.15) is 51.2 Å². The second-order valence-electron chi connectivity index (χ2n) is 9.67. The predicted molar refractivity (Wildman–Crippen MR) is 134 cm³/mol. The van der Waals surface area contributed by atoms with Gasteiger partial charge in [0.25, 0.3) is 5.91 Å². The Bertz CT molecular complexity index is 1190. The molecule has 1 unspecified atom stereocenters. The molecule has 1 saturated heterocycles. The molecule has 0 aromatic heterocycles. The van der Waals surface area contributed by atoms with E-state index in [1.54, 1.807) is 35.3 Å². The third-order valence-electron chi connectivity index (χ3n) is 6.83. The lowest BCUT2D eigenvalue weighted by Crippen LogP contribution is -2.64. The Labute approximate surface area is 204 Å². The summed E-state index contributed by atoms with van der Waals surface area (Å²) in [5.74, 6) is 0.226. The first kappa shape index (κ1) is 23.0. The van der Waals surface area contributed by atoms with Crippen molar-refractivity contribution in [1.82, 2.24) is 9.91 Å². The summed E-state index contributed by atoms with van der Waals surface area (Å²) in [5, 5.41) is 6.95. The third kappa shape index (κ3) is 3.91. The maximum absolute atomic E-state index is 14.9. The van der Waals surface area contributed by atoms with Gasteiger partial charge in [0, 0.05) is 16.1 Å². The number of amidine groups is 1. The van der Waals surface area contributed by atoms with E-state index in [0.717, 1.165) is 31.6 Å². The monoisotopic (exact) mass is 481 g/mol. The van der Waals surface area contributed by atoms with E-state index in [-0.39, 0.29) is 11.7 Å². The molecule has 5 rings (SSSR count). The number of fused-ring (bicyclic) bond motifs is 3. The van der Waals surface area contributed by atoms with Gasteiger partial charge in [-0.05, 0) is 77.0 Å². The van der Waals surface area contributed by atoms with Gasteiger partial charge in [0.15, 0.2) is 5.84 Å². The van der Waals surface area contributed by atoms with Crippen LogP contribution in [0, 0.1) is 5.82 Å². The molecule has 0 aliphatic carbocycles. The molecule has 2 aromatic carbocycles. The Morgan fingerprint density at radius 3 is 2.56 bits per heavy atom. The van der Waals surface area contributed by atoms with Gasteiger partial charge in [0.2, 0.25) is 0 Å². The Kier molecular flexibility index (Phi) is 5.94. The number of carbonyl (C=O) groups is 1. The lowest BCUT2D eigenvalue weighted by Gasteiger charge is -2.46. The minimum atomic E-state index is -0.913. The summed E-state index contributed by atoms with van der Waals surface area (Å²) in [4.78, 5) is 22.9. The fraction of sp³-hybridized carbons (Fsp3) is 0.423. The van der Waals surface area contributed by atoms with E-state index in [9.17, 15) is 9.18 Å². The van der Waals surface area contributed by atoms with Gasteiger partial charge < -0.3 is 4.90 Å². The Hall–Kier alpha value is -2.77. The van der Waals surface area contributed by atoms with Crippen LogP contribution in [0.4, 0.5) is 10.1 Å². The summed E-state index contributed by atoms with van der Waals surface area (Å²) in [6.07, 6.45) is 3.49. The topological polar surface area (TPSA) is 51.5 Å². The molecule has 0 bridgehead atoms. The minimum absolute atomic E-state index is 0.0794. The largest absolute Gasteiger partial charge is 0.311 e. The van der Waals surface area contributed by atoms with Crippen LogP contribution in [0.15, 0.2) is 52.6 Å². The van der Waals surface area contributed by atoms with Gasteiger partial charge in [-0.1, -0.05) is 30.2 Å². The highest BCUT2D eigenvalue weighted by atomic mass is 35.5. The zero-order valence-electron chi connectivity index (χ0n) is 19.8. The number of amides is 1. The van der Waals surface area contributed by atoms with E-state index in [1.165, 1.54) is 12.5 Å². The number of nitrogens with zero attached hydrogens (tertiary/aromatic N) is 5. The highest BCUT2D eigenvalue weighted by Gasteiger charge is 2.48. The molecule has 3 heterocycles. The van der Waals surface area contributed by atoms with Crippen LogP contribution in [-0.2, 0) is 4.79 Å². The molecule has 0 N–H and O–H groups in total. The summed E-state index contributed by atoms with van der Waals surface area (Å²) in [6.45, 7) is 8.14. The molecule has 1 atom stereocenters. The zero-order valence-corrected chi connectivity index (χ0v) is 20.5. The highest BCUT2D eigenvalue weighted by Crippen LogP contribution is 2.38. The third-order valence-corrected chi connectivity index (χ3v) is 7.07. The number of rotatable bonds is 3. The molecular formula is C26H29ClFN5O. The van der Waals surface area contributed by atoms with Crippen molar-refractivity contribution in [2.45, 2.75) is 51.6 Å². The Balaban J connectivity index is 1.67. The average molecular weight is 482 g/mol. The number of aliphatic imine (C=N–C) groups is 1. The number of likely N-dealkylation sites (tertiary alicyclic amines) is 1. The van der Waals surface area contributed by atoms with E-state index in [0.29, 0.717) is 34.4 Å². The number of hydrazone groups is 1. The smallest absolute Gasteiger partial charge is 0.269 e. The molecule has 6 nitrogen and oxygen atoms in total. The van der Waals surface area contributed by atoms with E-state index in [1.807, 2.05) is 31.7 Å². The van der Waals surface area contributed by atoms with Crippen LogP contribution in [0.2, 0.25) is 5.02 Å². The molecule has 0 radical (unpaired) electrons. The maximum atomic E-state index is 14.9. The molecule has 0 spiro atoms. The molecule has 2 aromatic rings. The van der Waals surface area contributed by atoms with E-state index in [2.05, 4.69) is 4.90 Å². The van der Waals surface area contributed by atoms with Gasteiger partial charge >= 0.3 is 0 Å². The van der Waals surface area contributed by atoms with Crippen molar-refractivity contribution in [3.8, 4) is 0 Å². The maximum Gasteiger partial charge on any atom is 0.269 e. The molecule has 3 aliphatic heterocycles. The SMILES string of the molecule is CC1N=C(c2ccccc2F)c2cc(Cl)ccc2N2C1=NN(CN1CCCCC1)C(=O)C2(C)C. The Morgan fingerprint density at radius 1 is 1.09 bits per heavy atom. The first-order valence-electron chi connectivity index (χ1n) is 11.8. The van der Waals surface area contributed by atoms with Gasteiger partial charge in [0.05, 0.1) is 18.1 Å². The second kappa shape index (κ2) is 8.78. The number of carbonyl (C=O) groups excluding carboxylic acids is 1. The van der Waals surface area contributed by atoms with E-state index < -0.39 is 11.6 Å². The van der Waals surface area contributed by atoms with E-state index in [4.69, 9.17) is 21.7 Å². The number of anilines is 1. The highest BCUT2D eigenvalue weighted by molar-refractivity contribution is 6.32. The molecule has 8 heteroatoms. The van der Waals surface area contributed by atoms with Gasteiger partial charge in [-0.3, -0.25) is 14.7 Å². The molecule has 178 valence electrons. The van der Waals surface area contributed by atoms with Crippen molar-refractivity contribution < 1.29 is 9.18 Å². The van der Waals surface area contributed by atoms with Gasteiger partial charge in [-0.15, -0.1) is 0 Å². The van der Waals surface area contributed by atoms with Crippen LogP contribution in [0.25, 0.3) is 0 Å². The molecule has 0 saturated carbocycles. The van der Waals surface area contributed by atoms with Crippen molar-refractivity contribution in [2.24, 2.45) is 10.1 Å². The number of halogens is 2. The van der Waals surface area contributed by atoms with Gasteiger partial charge in [-0.25, -0.2) is 9.40 Å². The van der Waals surface area contributed by atoms with Gasteiger partial charge in [0.1, 0.15) is 17.4 Å². The first-order valence-corrected chi connectivity index (χ1v) is 12.2. The van der Waals surface area contributed by atoms with E-state index >= 15 is 0 Å². The zero-order chi connectivity index (χ0) is 24.0. The Morgan fingerprint density at radius 2 is 1.82 bits per heavy atom. The predicted octanol–water partition coefficient (Wildman–Crippen LogP) is 4.90. The number of hydrogen-bond donors (Lipinski definition) is 0. The van der Waals surface area contributed by atoms with Crippen LogP contribution >= 0.6 is 11.6 Å². The van der Waals surface area contributed by atoms with Crippen LogP contribution < -0.4 is 4.90 Å². The molecule has 34 heavy (non-hydrogen) atoms. The fourth-order valence-electron chi connectivity index (χ4n) is 5.07. The van der Waals surface area contributed by atoms with Crippen molar-refractivity contribution in [3.63, 3.8) is 0 Å². The number of hydrogen-bond acceptors (Lipinski definition) is 5. The van der Waals surface area contributed by atoms with Crippen molar-refractivity contribution in [2.75, 3.05) is 24.7 Å².